The molecule has 0 radical (unpaired) electrons. The first-order valence-electron chi connectivity index (χ1n) is 11.9. The number of hydrogen-bond donors (Lipinski definition) is 1. The smallest absolute Gasteiger partial charge is 0.0279 e. The monoisotopic (exact) mass is 470 g/mol. The van der Waals surface area contributed by atoms with Crippen molar-refractivity contribution in [1.29, 1.82) is 0 Å². The Morgan fingerprint density at radius 1 is 0.657 bits per heavy atom. The van der Waals surface area contributed by atoms with Gasteiger partial charge in [-0.15, -0.1) is 12.6 Å². The van der Waals surface area contributed by atoms with Crippen LogP contribution in [-0.4, -0.2) is 0 Å². The zero-order chi connectivity index (χ0) is 24.9. The molecule has 172 valence electrons. The largest absolute Gasteiger partial charge is 0.143 e. The van der Waals surface area contributed by atoms with Gasteiger partial charge in [-0.1, -0.05) is 66.0 Å². The van der Waals surface area contributed by atoms with Crippen molar-refractivity contribution >= 4 is 18.7 Å². The summed E-state index contributed by atoms with van der Waals surface area (Å²) >= 11 is 4.32. The summed E-state index contributed by atoms with van der Waals surface area (Å²) in [5, 5.41) is 0. The third-order valence-corrected chi connectivity index (χ3v) is 7.16. The van der Waals surface area contributed by atoms with E-state index in [9.17, 15) is 0 Å². The Hall–Kier alpha value is -3.65. The minimum atomic E-state index is 0.544. The van der Waals surface area contributed by atoms with Gasteiger partial charge in [-0.3, -0.25) is 0 Å². The molecule has 0 saturated heterocycles. The van der Waals surface area contributed by atoms with Crippen molar-refractivity contribution in [3.8, 4) is 23.7 Å². The highest BCUT2D eigenvalue weighted by atomic mass is 32.1. The fourth-order valence-electron chi connectivity index (χ4n) is 4.21. The molecule has 1 aliphatic carbocycles. The Kier molecular flexibility index (Phi) is 7.51. The van der Waals surface area contributed by atoms with E-state index >= 15 is 0 Å². The summed E-state index contributed by atoms with van der Waals surface area (Å²) in [6.07, 6.45) is 4.45. The van der Waals surface area contributed by atoms with E-state index in [1.807, 2.05) is 30.3 Å². The van der Waals surface area contributed by atoms with Gasteiger partial charge in [-0.2, -0.15) is 0 Å². The molecule has 0 aliphatic heterocycles. The maximum Gasteiger partial charge on any atom is 0.0279 e. The summed E-state index contributed by atoms with van der Waals surface area (Å²) in [5.74, 6) is 13.6. The molecule has 0 spiro atoms. The number of aryl methyl sites for hydroxylation is 1. The first-order valence-corrected chi connectivity index (χ1v) is 12.4. The predicted molar refractivity (Wildman–Crippen MR) is 153 cm³/mol. The standard InChI is InChI=1S/C34H30S/c1-23-22-31(11-10-30-14-19-33(35)20-15-30)13-18-32(23)17-12-28-6-8-29(9-7-28)16-21-34-26(4)24(2)25(3)27(34)5/h6-9,13-16,18-22,24,35H,1-5H3/b21-16+/t24-/m1/s1. The zero-order valence-electron chi connectivity index (χ0n) is 21.0. The molecule has 3 aromatic rings. The van der Waals surface area contributed by atoms with Crippen LogP contribution in [0.15, 0.2) is 100.0 Å². The third kappa shape index (κ3) is 5.89. The molecule has 1 atom stereocenters. The number of hydrogen-bond acceptors (Lipinski definition) is 1. The molecule has 0 saturated carbocycles. The van der Waals surface area contributed by atoms with Crippen molar-refractivity contribution in [2.45, 2.75) is 39.5 Å². The van der Waals surface area contributed by atoms with E-state index in [-0.39, 0.29) is 0 Å². The maximum atomic E-state index is 4.32. The summed E-state index contributed by atoms with van der Waals surface area (Å²) in [6, 6.07) is 22.5. The van der Waals surface area contributed by atoms with Crippen molar-refractivity contribution in [1.82, 2.24) is 0 Å². The second kappa shape index (κ2) is 10.7. The van der Waals surface area contributed by atoms with E-state index < -0.39 is 0 Å². The molecule has 0 heterocycles. The summed E-state index contributed by atoms with van der Waals surface area (Å²) < 4.78 is 0. The molecule has 0 bridgehead atoms. The lowest BCUT2D eigenvalue weighted by atomic mass is 9.99. The van der Waals surface area contributed by atoms with Crippen LogP contribution in [0.25, 0.3) is 6.08 Å². The fraction of sp³-hybridized carbons (Fsp3) is 0.176. The van der Waals surface area contributed by atoms with Crippen LogP contribution in [0.2, 0.25) is 0 Å². The molecule has 3 aromatic carbocycles. The van der Waals surface area contributed by atoms with Gasteiger partial charge in [0.1, 0.15) is 0 Å². The van der Waals surface area contributed by atoms with E-state index in [1.54, 1.807) is 0 Å². The number of rotatable bonds is 2. The van der Waals surface area contributed by atoms with E-state index in [1.165, 1.54) is 27.9 Å². The van der Waals surface area contributed by atoms with Gasteiger partial charge in [-0.05, 0) is 110 Å². The van der Waals surface area contributed by atoms with Gasteiger partial charge in [-0.25, -0.2) is 0 Å². The highest BCUT2D eigenvalue weighted by molar-refractivity contribution is 7.80. The lowest BCUT2D eigenvalue weighted by molar-refractivity contribution is 0.816. The molecule has 0 unspecified atom stereocenters. The van der Waals surface area contributed by atoms with E-state index in [2.05, 4.69) is 119 Å². The molecule has 4 rings (SSSR count). The Bertz CT molecular complexity index is 1470. The van der Waals surface area contributed by atoms with Crippen LogP contribution in [0.1, 0.15) is 61.1 Å². The summed E-state index contributed by atoms with van der Waals surface area (Å²) in [6.45, 7) is 11.1. The van der Waals surface area contributed by atoms with Gasteiger partial charge in [0.15, 0.2) is 0 Å². The van der Waals surface area contributed by atoms with E-state index in [4.69, 9.17) is 0 Å². The van der Waals surface area contributed by atoms with Gasteiger partial charge < -0.3 is 0 Å². The van der Waals surface area contributed by atoms with Gasteiger partial charge in [0.2, 0.25) is 0 Å². The average molecular weight is 471 g/mol. The van der Waals surface area contributed by atoms with Crippen molar-refractivity contribution in [3.05, 3.63) is 128 Å². The van der Waals surface area contributed by atoms with Crippen LogP contribution in [0.4, 0.5) is 0 Å². The first-order chi connectivity index (χ1) is 16.8. The van der Waals surface area contributed by atoms with Gasteiger partial charge in [0, 0.05) is 27.1 Å². The highest BCUT2D eigenvalue weighted by Crippen LogP contribution is 2.37. The topological polar surface area (TPSA) is 0 Å². The van der Waals surface area contributed by atoms with Crippen LogP contribution in [0.3, 0.4) is 0 Å². The van der Waals surface area contributed by atoms with Crippen molar-refractivity contribution in [2.75, 3.05) is 0 Å². The highest BCUT2D eigenvalue weighted by Gasteiger charge is 2.20. The minimum absolute atomic E-state index is 0.544. The lowest BCUT2D eigenvalue weighted by Gasteiger charge is -2.05. The molecular weight excluding hydrogens is 440 g/mol. The second-order valence-electron chi connectivity index (χ2n) is 9.16. The average Bonchev–Trinajstić information content (AvgIpc) is 3.04. The fourth-order valence-corrected chi connectivity index (χ4v) is 4.36. The van der Waals surface area contributed by atoms with Crippen molar-refractivity contribution in [3.63, 3.8) is 0 Å². The van der Waals surface area contributed by atoms with Crippen LogP contribution < -0.4 is 0 Å². The van der Waals surface area contributed by atoms with E-state index in [0.717, 1.165) is 32.7 Å². The SMILES string of the molecule is CC1=C(C)[C@@H](C)C(C)=C1/C=C/c1ccc(C#Cc2ccc(C#Cc3ccc(S)cc3)cc2C)cc1. The molecule has 0 N–H and O–H groups in total. The third-order valence-electron chi connectivity index (χ3n) is 6.86. The molecule has 1 aliphatic rings. The van der Waals surface area contributed by atoms with Crippen LogP contribution in [0.5, 0.6) is 0 Å². The van der Waals surface area contributed by atoms with Gasteiger partial charge in [0.25, 0.3) is 0 Å². The summed E-state index contributed by atoms with van der Waals surface area (Å²) in [5.41, 5.74) is 12.0. The summed E-state index contributed by atoms with van der Waals surface area (Å²) in [7, 11) is 0. The molecule has 1 heteroatoms. The van der Waals surface area contributed by atoms with E-state index in [0.29, 0.717) is 5.92 Å². The lowest BCUT2D eigenvalue weighted by Crippen LogP contribution is -1.92. The molecule has 0 fully saturated rings. The Balaban J connectivity index is 1.45. The second-order valence-corrected chi connectivity index (χ2v) is 9.67. The minimum Gasteiger partial charge on any atom is -0.143 e. The quantitative estimate of drug-likeness (QED) is 0.282. The van der Waals surface area contributed by atoms with Gasteiger partial charge >= 0.3 is 0 Å². The van der Waals surface area contributed by atoms with Gasteiger partial charge in [0.05, 0.1) is 0 Å². The first kappa shape index (κ1) is 24.5. The predicted octanol–water partition coefficient (Wildman–Crippen LogP) is 8.40. The normalized spacial score (nSPS) is 15.2. The van der Waals surface area contributed by atoms with Crippen LogP contribution in [-0.2, 0) is 0 Å². The van der Waals surface area contributed by atoms with Crippen LogP contribution >= 0.6 is 12.6 Å². The molecule has 0 amide bonds. The number of allylic oxidation sites excluding steroid dienone is 5. The molecule has 0 aromatic heterocycles. The Labute approximate surface area is 215 Å². The maximum absolute atomic E-state index is 4.32. The Morgan fingerprint density at radius 2 is 1.23 bits per heavy atom. The summed E-state index contributed by atoms with van der Waals surface area (Å²) in [4.78, 5) is 0.939. The molecule has 35 heavy (non-hydrogen) atoms. The Morgan fingerprint density at radius 3 is 1.83 bits per heavy atom. The molecular formula is C34H30S. The number of benzene rings is 3. The zero-order valence-corrected chi connectivity index (χ0v) is 21.9. The number of thiol groups is 1. The van der Waals surface area contributed by atoms with Crippen molar-refractivity contribution < 1.29 is 0 Å². The van der Waals surface area contributed by atoms with Crippen LogP contribution in [0, 0.1) is 36.5 Å². The van der Waals surface area contributed by atoms with Crippen molar-refractivity contribution in [2.24, 2.45) is 5.92 Å². The molecule has 0 nitrogen and oxygen atoms in total.